The Bertz CT molecular complexity index is 268. The molecular formula is C10H19N3S. The van der Waals surface area contributed by atoms with Crippen LogP contribution in [0.25, 0.3) is 0 Å². The van der Waals surface area contributed by atoms with E-state index in [-0.39, 0.29) is 0 Å². The SMILES string of the molecule is CC(C)CCNc1nnc(C(C)C)s1. The zero-order chi connectivity index (χ0) is 10.6. The number of nitrogens with one attached hydrogen (secondary N) is 1. The molecule has 1 aromatic heterocycles. The van der Waals surface area contributed by atoms with E-state index in [2.05, 4.69) is 43.2 Å². The molecule has 0 spiro atoms. The van der Waals surface area contributed by atoms with Crippen molar-refractivity contribution in [2.75, 3.05) is 11.9 Å². The molecule has 1 N–H and O–H groups in total. The summed E-state index contributed by atoms with van der Waals surface area (Å²) in [6.07, 6.45) is 1.18. The summed E-state index contributed by atoms with van der Waals surface area (Å²) in [5.74, 6) is 1.22. The lowest BCUT2D eigenvalue weighted by atomic mass is 10.1. The average Bonchev–Trinajstić information content (AvgIpc) is 2.52. The van der Waals surface area contributed by atoms with Crippen LogP contribution in [-0.2, 0) is 0 Å². The molecule has 0 unspecified atom stereocenters. The van der Waals surface area contributed by atoms with E-state index in [4.69, 9.17) is 0 Å². The fourth-order valence-electron chi connectivity index (χ4n) is 1.01. The van der Waals surface area contributed by atoms with Gasteiger partial charge in [-0.15, -0.1) is 10.2 Å². The first-order chi connectivity index (χ1) is 6.59. The van der Waals surface area contributed by atoms with Crippen molar-refractivity contribution in [2.45, 2.75) is 40.0 Å². The molecule has 4 heteroatoms. The van der Waals surface area contributed by atoms with Crippen molar-refractivity contribution in [3.05, 3.63) is 5.01 Å². The van der Waals surface area contributed by atoms with Crippen LogP contribution in [0, 0.1) is 5.92 Å². The largest absolute Gasteiger partial charge is 0.360 e. The quantitative estimate of drug-likeness (QED) is 0.816. The number of rotatable bonds is 5. The lowest BCUT2D eigenvalue weighted by Crippen LogP contribution is -2.04. The van der Waals surface area contributed by atoms with Crippen LogP contribution in [0.5, 0.6) is 0 Å². The summed E-state index contributed by atoms with van der Waals surface area (Å²) < 4.78 is 0. The second-order valence-corrected chi connectivity index (χ2v) is 5.22. The van der Waals surface area contributed by atoms with Crippen molar-refractivity contribution in [1.82, 2.24) is 10.2 Å². The minimum Gasteiger partial charge on any atom is -0.360 e. The molecule has 0 saturated carbocycles. The molecular weight excluding hydrogens is 194 g/mol. The first-order valence-corrected chi connectivity index (χ1v) is 5.98. The van der Waals surface area contributed by atoms with Crippen molar-refractivity contribution < 1.29 is 0 Å². The molecule has 0 atom stereocenters. The Labute approximate surface area is 89.9 Å². The van der Waals surface area contributed by atoms with E-state index in [1.165, 1.54) is 6.42 Å². The van der Waals surface area contributed by atoms with Gasteiger partial charge in [-0.1, -0.05) is 39.0 Å². The molecule has 80 valence electrons. The van der Waals surface area contributed by atoms with Crippen LogP contribution in [0.2, 0.25) is 0 Å². The van der Waals surface area contributed by atoms with E-state index in [9.17, 15) is 0 Å². The first kappa shape index (κ1) is 11.4. The van der Waals surface area contributed by atoms with Crippen LogP contribution in [-0.4, -0.2) is 16.7 Å². The van der Waals surface area contributed by atoms with Gasteiger partial charge in [-0.25, -0.2) is 0 Å². The van der Waals surface area contributed by atoms with Gasteiger partial charge in [-0.2, -0.15) is 0 Å². The van der Waals surface area contributed by atoms with Gasteiger partial charge in [0, 0.05) is 12.5 Å². The minimum absolute atomic E-state index is 0.480. The normalized spacial score (nSPS) is 11.3. The average molecular weight is 213 g/mol. The van der Waals surface area contributed by atoms with Gasteiger partial charge in [0.1, 0.15) is 5.01 Å². The van der Waals surface area contributed by atoms with Gasteiger partial charge in [0.15, 0.2) is 0 Å². The third-order valence-corrected chi connectivity index (χ3v) is 3.11. The van der Waals surface area contributed by atoms with E-state index < -0.39 is 0 Å². The second kappa shape index (κ2) is 5.29. The summed E-state index contributed by atoms with van der Waals surface area (Å²) in [6.45, 7) is 9.71. The predicted octanol–water partition coefficient (Wildman–Crippen LogP) is 3.12. The molecule has 0 saturated heterocycles. The maximum atomic E-state index is 4.12. The highest BCUT2D eigenvalue weighted by molar-refractivity contribution is 7.15. The third-order valence-electron chi connectivity index (χ3n) is 1.93. The first-order valence-electron chi connectivity index (χ1n) is 5.17. The van der Waals surface area contributed by atoms with Crippen molar-refractivity contribution in [3.8, 4) is 0 Å². The van der Waals surface area contributed by atoms with E-state index in [1.807, 2.05) is 0 Å². The van der Waals surface area contributed by atoms with Crippen molar-refractivity contribution in [3.63, 3.8) is 0 Å². The minimum atomic E-state index is 0.480. The Balaban J connectivity index is 2.36. The fraction of sp³-hybridized carbons (Fsp3) is 0.800. The summed E-state index contributed by atoms with van der Waals surface area (Å²) in [5.41, 5.74) is 0. The number of hydrogen-bond acceptors (Lipinski definition) is 4. The van der Waals surface area contributed by atoms with E-state index in [0.29, 0.717) is 5.92 Å². The maximum Gasteiger partial charge on any atom is 0.205 e. The lowest BCUT2D eigenvalue weighted by molar-refractivity contribution is 0.607. The molecule has 14 heavy (non-hydrogen) atoms. The summed E-state index contributed by atoms with van der Waals surface area (Å²) >= 11 is 1.66. The molecule has 0 aliphatic carbocycles. The molecule has 0 aromatic carbocycles. The molecule has 3 nitrogen and oxygen atoms in total. The molecule has 0 amide bonds. The summed E-state index contributed by atoms with van der Waals surface area (Å²) in [7, 11) is 0. The van der Waals surface area contributed by atoms with Gasteiger partial charge >= 0.3 is 0 Å². The van der Waals surface area contributed by atoms with E-state index >= 15 is 0 Å². The summed E-state index contributed by atoms with van der Waals surface area (Å²) in [5, 5.41) is 13.6. The second-order valence-electron chi connectivity index (χ2n) is 4.21. The van der Waals surface area contributed by atoms with Crippen LogP contribution in [0.3, 0.4) is 0 Å². The number of aromatic nitrogens is 2. The molecule has 0 bridgehead atoms. The predicted molar refractivity (Wildman–Crippen MR) is 61.9 cm³/mol. The molecule has 1 aromatic rings. The Morgan fingerprint density at radius 1 is 1.21 bits per heavy atom. The van der Waals surface area contributed by atoms with Crippen molar-refractivity contribution >= 4 is 16.5 Å². The van der Waals surface area contributed by atoms with Crippen LogP contribution in [0.1, 0.15) is 45.0 Å². The van der Waals surface area contributed by atoms with Gasteiger partial charge in [0.25, 0.3) is 0 Å². The van der Waals surface area contributed by atoms with Crippen molar-refractivity contribution in [1.29, 1.82) is 0 Å². The van der Waals surface area contributed by atoms with Gasteiger partial charge in [-0.3, -0.25) is 0 Å². The molecule has 0 aliphatic heterocycles. The standard InChI is InChI=1S/C10H19N3S/c1-7(2)5-6-11-10-13-12-9(14-10)8(3)4/h7-8H,5-6H2,1-4H3,(H,11,13). The monoisotopic (exact) mass is 213 g/mol. The molecule has 0 fully saturated rings. The number of anilines is 1. The Hall–Kier alpha value is -0.640. The molecule has 1 heterocycles. The Morgan fingerprint density at radius 3 is 2.43 bits per heavy atom. The highest BCUT2D eigenvalue weighted by atomic mass is 32.1. The smallest absolute Gasteiger partial charge is 0.205 e. The zero-order valence-electron chi connectivity index (χ0n) is 9.37. The number of nitrogens with zero attached hydrogens (tertiary/aromatic N) is 2. The van der Waals surface area contributed by atoms with Gasteiger partial charge in [0.2, 0.25) is 5.13 Å². The molecule has 0 aliphatic rings. The van der Waals surface area contributed by atoms with Crippen LogP contribution in [0.15, 0.2) is 0 Å². The van der Waals surface area contributed by atoms with E-state index in [0.717, 1.165) is 22.6 Å². The Kier molecular flexibility index (Phi) is 4.32. The highest BCUT2D eigenvalue weighted by Gasteiger charge is 2.06. The van der Waals surface area contributed by atoms with E-state index in [1.54, 1.807) is 11.3 Å². The van der Waals surface area contributed by atoms with Crippen molar-refractivity contribution in [2.24, 2.45) is 5.92 Å². The molecule has 1 rings (SSSR count). The highest BCUT2D eigenvalue weighted by Crippen LogP contribution is 2.22. The third kappa shape index (κ3) is 3.62. The summed E-state index contributed by atoms with van der Waals surface area (Å²) in [6, 6.07) is 0. The van der Waals surface area contributed by atoms with Crippen LogP contribution < -0.4 is 5.32 Å². The topological polar surface area (TPSA) is 37.8 Å². The van der Waals surface area contributed by atoms with Crippen LogP contribution in [0.4, 0.5) is 5.13 Å². The zero-order valence-corrected chi connectivity index (χ0v) is 10.2. The maximum absolute atomic E-state index is 4.12. The van der Waals surface area contributed by atoms with Crippen LogP contribution >= 0.6 is 11.3 Å². The number of hydrogen-bond donors (Lipinski definition) is 1. The molecule has 0 radical (unpaired) electrons. The lowest BCUT2D eigenvalue weighted by Gasteiger charge is -2.03. The fourth-order valence-corrected chi connectivity index (χ4v) is 1.78. The summed E-state index contributed by atoms with van der Waals surface area (Å²) in [4.78, 5) is 0. The Morgan fingerprint density at radius 2 is 1.93 bits per heavy atom. The van der Waals surface area contributed by atoms with Gasteiger partial charge in [-0.05, 0) is 12.3 Å². The van der Waals surface area contributed by atoms with Gasteiger partial charge < -0.3 is 5.32 Å². The van der Waals surface area contributed by atoms with Gasteiger partial charge in [0.05, 0.1) is 0 Å².